The number of methoxy groups -OCH3 is 1. The van der Waals surface area contributed by atoms with E-state index in [-0.39, 0.29) is 30.0 Å². The molecule has 9 heteroatoms. The minimum atomic E-state index is 0. The van der Waals surface area contributed by atoms with E-state index in [1.54, 1.807) is 7.11 Å². The van der Waals surface area contributed by atoms with E-state index in [9.17, 15) is 0 Å². The largest absolute Gasteiger partial charge is 0.497 e. The molecule has 3 rings (SSSR count). The zero-order valence-corrected chi connectivity index (χ0v) is 20.4. The number of guanidine groups is 1. The second-order valence-electron chi connectivity index (χ2n) is 7.17. The van der Waals surface area contributed by atoms with E-state index in [1.807, 2.05) is 13.0 Å². The van der Waals surface area contributed by atoms with Crippen molar-refractivity contribution in [3.63, 3.8) is 0 Å². The Balaban J connectivity index is 0.00000320. The average Bonchev–Trinajstić information content (AvgIpc) is 3.40. The summed E-state index contributed by atoms with van der Waals surface area (Å²) in [4.78, 5) is 11.6. The highest BCUT2D eigenvalue weighted by Gasteiger charge is 2.23. The lowest BCUT2D eigenvalue weighted by Crippen LogP contribution is -2.39. The molecule has 2 N–H and O–H groups in total. The summed E-state index contributed by atoms with van der Waals surface area (Å²) < 4.78 is 10.6. The summed E-state index contributed by atoms with van der Waals surface area (Å²) in [6.45, 7) is 8.28. The molecule has 166 valence electrons. The van der Waals surface area contributed by atoms with Gasteiger partial charge in [0.25, 0.3) is 0 Å². The Bertz CT molecular complexity index is 791. The number of likely N-dealkylation sites (tertiary alicyclic amines) is 1. The molecule has 1 atom stereocenters. The van der Waals surface area contributed by atoms with Crippen LogP contribution in [0.25, 0.3) is 0 Å². The van der Waals surface area contributed by atoms with Gasteiger partial charge in [-0.2, -0.15) is 4.98 Å². The Kier molecular flexibility index (Phi) is 10.4. The fourth-order valence-corrected chi connectivity index (χ4v) is 3.58. The fourth-order valence-electron chi connectivity index (χ4n) is 3.58. The lowest BCUT2D eigenvalue weighted by atomic mass is 10.1. The summed E-state index contributed by atoms with van der Waals surface area (Å²) in [6.07, 6.45) is 3.15. The molecular formula is C21H33IN6O2. The van der Waals surface area contributed by atoms with Crippen molar-refractivity contribution in [3.05, 3.63) is 41.5 Å². The number of ether oxygens (including phenoxy) is 1. The molecule has 0 bridgehead atoms. The van der Waals surface area contributed by atoms with Crippen LogP contribution in [0.3, 0.4) is 0 Å². The predicted molar refractivity (Wildman–Crippen MR) is 129 cm³/mol. The number of hydrogen-bond acceptors (Lipinski definition) is 6. The second-order valence-corrected chi connectivity index (χ2v) is 7.17. The smallest absolute Gasteiger partial charge is 0.228 e. The third kappa shape index (κ3) is 7.12. The summed E-state index contributed by atoms with van der Waals surface area (Å²) in [5.74, 6) is 2.98. The van der Waals surface area contributed by atoms with Gasteiger partial charge >= 0.3 is 0 Å². The lowest BCUT2D eigenvalue weighted by molar-refractivity contribution is 0.251. The first-order chi connectivity index (χ1) is 14.2. The summed E-state index contributed by atoms with van der Waals surface area (Å²) in [7, 11) is 1.71. The van der Waals surface area contributed by atoms with E-state index in [2.05, 4.69) is 50.8 Å². The first-order valence-corrected chi connectivity index (χ1v) is 10.4. The van der Waals surface area contributed by atoms with Gasteiger partial charge in [-0.05, 0) is 57.5 Å². The standard InChI is InChI=1S/C21H32N6O2.HI/c1-4-22-21(23-11-10-20-25-16(2)26-29-20)24-15-19(27-12-5-6-13-27)17-8-7-9-18(14-17)28-3;/h7-9,14,19H,4-6,10-13,15H2,1-3H3,(H2,22,23,24);1H. The summed E-state index contributed by atoms with van der Waals surface area (Å²) in [5.41, 5.74) is 1.24. The Morgan fingerprint density at radius 1 is 1.30 bits per heavy atom. The van der Waals surface area contributed by atoms with Crippen LogP contribution in [0.5, 0.6) is 5.75 Å². The zero-order chi connectivity index (χ0) is 20.5. The molecule has 0 radical (unpaired) electrons. The van der Waals surface area contributed by atoms with Gasteiger partial charge in [0.05, 0.1) is 19.7 Å². The van der Waals surface area contributed by atoms with Crippen molar-refractivity contribution in [1.29, 1.82) is 0 Å². The molecule has 30 heavy (non-hydrogen) atoms. The first-order valence-electron chi connectivity index (χ1n) is 10.4. The van der Waals surface area contributed by atoms with Crippen LogP contribution in [0.2, 0.25) is 0 Å². The van der Waals surface area contributed by atoms with Crippen LogP contribution in [-0.2, 0) is 6.42 Å². The van der Waals surface area contributed by atoms with Crippen LogP contribution < -0.4 is 15.4 Å². The van der Waals surface area contributed by atoms with E-state index >= 15 is 0 Å². The van der Waals surface area contributed by atoms with Crippen molar-refractivity contribution >= 4 is 29.9 Å². The van der Waals surface area contributed by atoms with Gasteiger partial charge in [0, 0.05) is 19.5 Å². The van der Waals surface area contributed by atoms with Crippen LogP contribution >= 0.6 is 24.0 Å². The predicted octanol–water partition coefficient (Wildman–Crippen LogP) is 2.94. The fraction of sp³-hybridized carbons (Fsp3) is 0.571. The highest BCUT2D eigenvalue weighted by Crippen LogP contribution is 2.27. The molecule has 1 aromatic heterocycles. The molecular weight excluding hydrogens is 495 g/mol. The van der Waals surface area contributed by atoms with E-state index in [0.29, 0.717) is 31.2 Å². The Morgan fingerprint density at radius 2 is 2.10 bits per heavy atom. The Labute approximate surface area is 195 Å². The molecule has 1 unspecified atom stereocenters. The van der Waals surface area contributed by atoms with Crippen molar-refractivity contribution in [3.8, 4) is 5.75 Å². The molecule has 0 aliphatic carbocycles. The number of aliphatic imine (C=N–C) groups is 1. The van der Waals surface area contributed by atoms with Gasteiger partial charge in [0.15, 0.2) is 11.8 Å². The number of nitrogens with zero attached hydrogens (tertiary/aromatic N) is 4. The van der Waals surface area contributed by atoms with E-state index in [1.165, 1.54) is 18.4 Å². The minimum absolute atomic E-state index is 0. The monoisotopic (exact) mass is 528 g/mol. The third-order valence-corrected chi connectivity index (χ3v) is 5.03. The molecule has 0 saturated carbocycles. The molecule has 1 aliphatic heterocycles. The molecule has 1 saturated heterocycles. The van der Waals surface area contributed by atoms with Gasteiger partial charge in [-0.3, -0.25) is 9.89 Å². The minimum Gasteiger partial charge on any atom is -0.497 e. The average molecular weight is 528 g/mol. The van der Waals surface area contributed by atoms with E-state index in [4.69, 9.17) is 14.3 Å². The summed E-state index contributed by atoms with van der Waals surface area (Å²) in [6, 6.07) is 8.56. The molecule has 0 amide bonds. The maximum absolute atomic E-state index is 5.43. The normalized spacial score (nSPS) is 15.5. The van der Waals surface area contributed by atoms with Crippen molar-refractivity contribution in [2.45, 2.75) is 39.2 Å². The topological polar surface area (TPSA) is 87.8 Å². The maximum Gasteiger partial charge on any atom is 0.228 e. The van der Waals surface area contributed by atoms with E-state index in [0.717, 1.165) is 31.3 Å². The van der Waals surface area contributed by atoms with Gasteiger partial charge in [-0.15, -0.1) is 24.0 Å². The molecule has 1 aromatic carbocycles. The highest BCUT2D eigenvalue weighted by atomic mass is 127. The van der Waals surface area contributed by atoms with Crippen LogP contribution in [0.1, 0.15) is 43.1 Å². The van der Waals surface area contributed by atoms with Gasteiger partial charge in [0.1, 0.15) is 5.75 Å². The molecule has 2 aromatic rings. The van der Waals surface area contributed by atoms with Crippen molar-refractivity contribution in [2.75, 3.05) is 39.8 Å². The number of aromatic nitrogens is 2. The maximum atomic E-state index is 5.43. The van der Waals surface area contributed by atoms with Crippen LogP contribution in [0.15, 0.2) is 33.8 Å². The number of aryl methyl sites for hydroxylation is 1. The lowest BCUT2D eigenvalue weighted by Gasteiger charge is -2.27. The van der Waals surface area contributed by atoms with Crippen LogP contribution in [0, 0.1) is 6.92 Å². The molecule has 8 nitrogen and oxygen atoms in total. The summed E-state index contributed by atoms with van der Waals surface area (Å²) in [5, 5.41) is 10.5. The number of hydrogen-bond donors (Lipinski definition) is 2. The second kappa shape index (κ2) is 12.7. The quantitative estimate of drug-likeness (QED) is 0.294. The molecule has 1 aliphatic rings. The number of nitrogens with one attached hydrogen (secondary N) is 2. The third-order valence-electron chi connectivity index (χ3n) is 5.03. The van der Waals surface area contributed by atoms with Gasteiger partial charge in [-0.1, -0.05) is 17.3 Å². The Morgan fingerprint density at radius 3 is 2.77 bits per heavy atom. The molecule has 1 fully saturated rings. The van der Waals surface area contributed by atoms with Gasteiger partial charge in [0.2, 0.25) is 5.89 Å². The van der Waals surface area contributed by atoms with E-state index < -0.39 is 0 Å². The van der Waals surface area contributed by atoms with Gasteiger partial charge < -0.3 is 19.9 Å². The SMILES string of the molecule is CCNC(=NCC(c1cccc(OC)c1)N1CCCC1)NCCc1nc(C)no1.I. The van der Waals surface area contributed by atoms with Crippen molar-refractivity contribution in [2.24, 2.45) is 4.99 Å². The number of halogens is 1. The first kappa shape index (κ1) is 24.4. The van der Waals surface area contributed by atoms with Crippen molar-refractivity contribution < 1.29 is 9.26 Å². The highest BCUT2D eigenvalue weighted by molar-refractivity contribution is 14.0. The number of rotatable bonds is 9. The van der Waals surface area contributed by atoms with Crippen LogP contribution in [0.4, 0.5) is 0 Å². The number of benzene rings is 1. The van der Waals surface area contributed by atoms with Gasteiger partial charge in [-0.25, -0.2) is 0 Å². The van der Waals surface area contributed by atoms with Crippen molar-refractivity contribution in [1.82, 2.24) is 25.7 Å². The zero-order valence-electron chi connectivity index (χ0n) is 18.1. The molecule has 2 heterocycles. The van der Waals surface area contributed by atoms with Crippen LogP contribution in [-0.4, -0.2) is 60.8 Å². The molecule has 0 spiro atoms. The summed E-state index contributed by atoms with van der Waals surface area (Å²) >= 11 is 0. The Hall–Kier alpha value is -1.88.